The fourth-order valence-corrected chi connectivity index (χ4v) is 4.14. The van der Waals surface area contributed by atoms with Crippen LogP contribution < -0.4 is 4.90 Å². The molecule has 0 radical (unpaired) electrons. The van der Waals surface area contributed by atoms with Crippen LogP contribution in [-0.2, 0) is 10.0 Å². The highest BCUT2D eigenvalue weighted by atomic mass is 35.5. The maximum atomic E-state index is 12.7. The van der Waals surface area contributed by atoms with Crippen LogP contribution in [0.25, 0.3) is 0 Å². The molecule has 6 nitrogen and oxygen atoms in total. The van der Waals surface area contributed by atoms with Crippen LogP contribution in [0.5, 0.6) is 0 Å². The Bertz CT molecular complexity index is 790. The molecule has 0 aliphatic carbocycles. The van der Waals surface area contributed by atoms with Gasteiger partial charge in [0.15, 0.2) is 0 Å². The van der Waals surface area contributed by atoms with E-state index in [-0.39, 0.29) is 4.90 Å². The van der Waals surface area contributed by atoms with Crippen molar-refractivity contribution in [1.29, 1.82) is 0 Å². The van der Waals surface area contributed by atoms with Crippen molar-refractivity contribution in [3.05, 3.63) is 47.2 Å². The minimum atomic E-state index is -3.50. The number of nitrogens with zero attached hydrogens (tertiary/aromatic N) is 4. The molecule has 1 aliphatic rings. The first-order valence-electron chi connectivity index (χ1n) is 7.27. The summed E-state index contributed by atoms with van der Waals surface area (Å²) in [6.45, 7) is 3.74. The molecule has 2 aromatic rings. The maximum Gasteiger partial charge on any atom is 0.243 e. The third-order valence-corrected chi connectivity index (χ3v) is 6.16. The summed E-state index contributed by atoms with van der Waals surface area (Å²) < 4.78 is 26.9. The van der Waals surface area contributed by atoms with E-state index in [0.717, 1.165) is 5.56 Å². The Labute approximate surface area is 140 Å². The molecule has 0 bridgehead atoms. The highest BCUT2D eigenvalue weighted by Gasteiger charge is 2.29. The maximum absolute atomic E-state index is 12.7. The van der Waals surface area contributed by atoms with E-state index in [1.54, 1.807) is 43.6 Å². The number of aromatic nitrogens is 2. The second-order valence-corrected chi connectivity index (χ2v) is 7.70. The lowest BCUT2D eigenvalue weighted by Crippen LogP contribution is -2.49. The van der Waals surface area contributed by atoms with Crippen molar-refractivity contribution in [2.75, 3.05) is 31.1 Å². The van der Waals surface area contributed by atoms with E-state index < -0.39 is 10.0 Å². The van der Waals surface area contributed by atoms with Gasteiger partial charge in [-0.1, -0.05) is 11.6 Å². The van der Waals surface area contributed by atoms with Crippen LogP contribution in [0, 0.1) is 6.92 Å². The van der Waals surface area contributed by atoms with Gasteiger partial charge in [0.05, 0.1) is 4.90 Å². The van der Waals surface area contributed by atoms with E-state index >= 15 is 0 Å². The monoisotopic (exact) mass is 352 g/mol. The molecule has 1 aromatic heterocycles. The van der Waals surface area contributed by atoms with Gasteiger partial charge in [-0.25, -0.2) is 18.4 Å². The van der Waals surface area contributed by atoms with Crippen LogP contribution in [0.2, 0.25) is 5.02 Å². The third-order valence-electron chi connectivity index (χ3n) is 3.84. The Morgan fingerprint density at radius 3 is 2.35 bits per heavy atom. The van der Waals surface area contributed by atoms with E-state index in [4.69, 9.17) is 11.6 Å². The molecule has 0 saturated carbocycles. The fraction of sp³-hybridized carbons (Fsp3) is 0.333. The summed E-state index contributed by atoms with van der Waals surface area (Å²) in [7, 11) is -3.50. The Hall–Kier alpha value is -1.70. The first-order chi connectivity index (χ1) is 11.0. The number of hydrogen-bond acceptors (Lipinski definition) is 5. The highest BCUT2D eigenvalue weighted by Crippen LogP contribution is 2.23. The molecule has 0 atom stereocenters. The van der Waals surface area contributed by atoms with E-state index in [0.29, 0.717) is 37.1 Å². The first-order valence-corrected chi connectivity index (χ1v) is 9.08. The van der Waals surface area contributed by atoms with E-state index in [1.165, 1.54) is 4.31 Å². The summed E-state index contributed by atoms with van der Waals surface area (Å²) in [5, 5.41) is 0.565. The van der Waals surface area contributed by atoms with E-state index in [1.807, 2.05) is 4.90 Å². The SMILES string of the molecule is Cc1cc(S(=O)(=O)N2CCN(c3ncccn3)CC2)ccc1Cl. The molecule has 0 N–H and O–H groups in total. The molecule has 0 amide bonds. The second kappa shape index (κ2) is 6.43. The Balaban J connectivity index is 1.75. The molecule has 0 spiro atoms. The zero-order chi connectivity index (χ0) is 16.4. The Morgan fingerprint density at radius 2 is 1.74 bits per heavy atom. The van der Waals surface area contributed by atoms with E-state index in [2.05, 4.69) is 9.97 Å². The molecule has 3 rings (SSSR count). The predicted octanol–water partition coefficient (Wildman–Crippen LogP) is 1.95. The molecule has 23 heavy (non-hydrogen) atoms. The van der Waals surface area contributed by atoms with Crippen molar-refractivity contribution in [2.24, 2.45) is 0 Å². The summed E-state index contributed by atoms with van der Waals surface area (Å²) in [4.78, 5) is 10.7. The molecular formula is C15H17ClN4O2S. The van der Waals surface area contributed by atoms with Crippen molar-refractivity contribution in [3.63, 3.8) is 0 Å². The lowest BCUT2D eigenvalue weighted by atomic mass is 10.2. The summed E-state index contributed by atoms with van der Waals surface area (Å²) >= 11 is 5.97. The van der Waals surface area contributed by atoms with Crippen LogP contribution >= 0.6 is 11.6 Å². The topological polar surface area (TPSA) is 66.4 Å². The number of hydrogen-bond donors (Lipinski definition) is 0. The number of piperazine rings is 1. The van der Waals surface area contributed by atoms with Gasteiger partial charge in [-0.3, -0.25) is 0 Å². The van der Waals surface area contributed by atoms with Crippen LogP contribution in [-0.4, -0.2) is 48.9 Å². The van der Waals surface area contributed by atoms with Crippen molar-refractivity contribution in [2.45, 2.75) is 11.8 Å². The molecule has 8 heteroatoms. The van der Waals surface area contributed by atoms with Gasteiger partial charge in [0.25, 0.3) is 0 Å². The Kier molecular flexibility index (Phi) is 4.52. The van der Waals surface area contributed by atoms with Gasteiger partial charge in [-0.05, 0) is 36.8 Å². The van der Waals surface area contributed by atoms with Gasteiger partial charge < -0.3 is 4.90 Å². The fourth-order valence-electron chi connectivity index (χ4n) is 2.51. The molecule has 1 aliphatic heterocycles. The summed E-state index contributed by atoms with van der Waals surface area (Å²) in [6.07, 6.45) is 3.36. The minimum absolute atomic E-state index is 0.281. The normalized spacial score (nSPS) is 16.5. The largest absolute Gasteiger partial charge is 0.338 e. The number of anilines is 1. The number of rotatable bonds is 3. The summed E-state index contributed by atoms with van der Waals surface area (Å²) in [5.74, 6) is 0.631. The lowest BCUT2D eigenvalue weighted by Gasteiger charge is -2.33. The molecule has 1 aromatic carbocycles. The van der Waals surface area contributed by atoms with E-state index in [9.17, 15) is 8.42 Å². The lowest BCUT2D eigenvalue weighted by molar-refractivity contribution is 0.382. The van der Waals surface area contributed by atoms with Crippen molar-refractivity contribution in [3.8, 4) is 0 Å². The molecule has 2 heterocycles. The Morgan fingerprint density at radius 1 is 1.09 bits per heavy atom. The molecule has 0 unspecified atom stereocenters. The van der Waals surface area contributed by atoms with Crippen molar-refractivity contribution < 1.29 is 8.42 Å². The smallest absolute Gasteiger partial charge is 0.243 e. The van der Waals surface area contributed by atoms with Gasteiger partial charge in [0.2, 0.25) is 16.0 Å². The van der Waals surface area contributed by atoms with Crippen molar-refractivity contribution >= 4 is 27.6 Å². The molecule has 122 valence electrons. The summed E-state index contributed by atoms with van der Waals surface area (Å²) in [6, 6.07) is 6.55. The van der Waals surface area contributed by atoms with Gasteiger partial charge >= 0.3 is 0 Å². The number of aryl methyl sites for hydroxylation is 1. The average molecular weight is 353 g/mol. The number of sulfonamides is 1. The second-order valence-electron chi connectivity index (χ2n) is 5.35. The van der Waals surface area contributed by atoms with Crippen LogP contribution in [0.3, 0.4) is 0 Å². The van der Waals surface area contributed by atoms with Gasteiger partial charge in [0.1, 0.15) is 0 Å². The molecule has 1 saturated heterocycles. The number of benzene rings is 1. The highest BCUT2D eigenvalue weighted by molar-refractivity contribution is 7.89. The standard InChI is InChI=1S/C15H17ClN4O2S/c1-12-11-13(3-4-14(12)16)23(21,22)20-9-7-19(8-10-20)15-17-5-2-6-18-15/h2-6,11H,7-10H2,1H3. The van der Waals surface area contributed by atoms with Crippen LogP contribution in [0.4, 0.5) is 5.95 Å². The average Bonchev–Trinajstić information content (AvgIpc) is 2.58. The first kappa shape index (κ1) is 16.2. The minimum Gasteiger partial charge on any atom is -0.338 e. The zero-order valence-corrected chi connectivity index (χ0v) is 14.3. The van der Waals surface area contributed by atoms with Gasteiger partial charge in [-0.2, -0.15) is 4.31 Å². The number of halogens is 1. The zero-order valence-electron chi connectivity index (χ0n) is 12.7. The predicted molar refractivity (Wildman–Crippen MR) is 89.2 cm³/mol. The molecular weight excluding hydrogens is 336 g/mol. The molecule has 1 fully saturated rings. The van der Waals surface area contributed by atoms with Gasteiger partial charge in [0, 0.05) is 43.6 Å². The quantitative estimate of drug-likeness (QED) is 0.844. The van der Waals surface area contributed by atoms with Crippen LogP contribution in [0.15, 0.2) is 41.6 Å². The van der Waals surface area contributed by atoms with Gasteiger partial charge in [-0.15, -0.1) is 0 Å². The third kappa shape index (κ3) is 3.31. The summed E-state index contributed by atoms with van der Waals surface area (Å²) in [5.41, 5.74) is 0.754. The van der Waals surface area contributed by atoms with Crippen molar-refractivity contribution in [1.82, 2.24) is 14.3 Å². The van der Waals surface area contributed by atoms with Crippen LogP contribution in [0.1, 0.15) is 5.56 Å².